The second kappa shape index (κ2) is 17.1. The van der Waals surface area contributed by atoms with E-state index in [0.29, 0.717) is 36.5 Å². The number of carbonyl (C=O) groups excluding carboxylic acids is 1. The normalized spacial score (nSPS) is 17.5. The maximum Gasteiger partial charge on any atom is 0.336 e. The summed E-state index contributed by atoms with van der Waals surface area (Å²) in [7, 11) is 0. The van der Waals surface area contributed by atoms with E-state index >= 15 is 0 Å². The molecular weight excluding hydrogens is 630 g/mol. The Labute approximate surface area is 283 Å². The van der Waals surface area contributed by atoms with Crippen LogP contribution in [0.25, 0.3) is 11.1 Å². The Balaban J connectivity index is 1.30. The second-order valence-electron chi connectivity index (χ2n) is 11.7. The van der Waals surface area contributed by atoms with Gasteiger partial charge in [-0.05, 0) is 64.9 Å². The van der Waals surface area contributed by atoms with Gasteiger partial charge in [0, 0.05) is 42.0 Å². The van der Waals surface area contributed by atoms with Crippen molar-refractivity contribution in [3.8, 4) is 11.1 Å². The average Bonchev–Trinajstić information content (AvgIpc) is 3.11. The number of amides is 1. The van der Waals surface area contributed by atoms with Gasteiger partial charge in [0.15, 0.2) is 6.29 Å². The van der Waals surface area contributed by atoms with Crippen LogP contribution in [0.1, 0.15) is 77.1 Å². The summed E-state index contributed by atoms with van der Waals surface area (Å²) in [6, 6.07) is 30.5. The molecule has 250 valence electrons. The predicted octanol–water partition coefficient (Wildman–Crippen LogP) is 7.14. The average molecular weight is 670 g/mol. The number of aliphatic hydroxyl groups is 1. The fraction of sp³-hybridized carbons (Fsp3) is 0.289. The van der Waals surface area contributed by atoms with E-state index in [1.807, 2.05) is 84.9 Å². The molecule has 0 bridgehead atoms. The van der Waals surface area contributed by atoms with Crippen molar-refractivity contribution in [3.05, 3.63) is 125 Å². The highest BCUT2D eigenvalue weighted by Crippen LogP contribution is 2.40. The van der Waals surface area contributed by atoms with Crippen molar-refractivity contribution >= 4 is 29.6 Å². The minimum absolute atomic E-state index is 0.0469. The Morgan fingerprint density at radius 2 is 1.50 bits per heavy atom. The maximum atomic E-state index is 12.3. The van der Waals surface area contributed by atoms with E-state index in [4.69, 9.17) is 14.6 Å². The number of thioether (sulfide) groups is 1. The number of carboxylic acids is 2. The van der Waals surface area contributed by atoms with Crippen molar-refractivity contribution in [3.63, 3.8) is 0 Å². The van der Waals surface area contributed by atoms with Crippen LogP contribution in [0.4, 0.5) is 0 Å². The van der Waals surface area contributed by atoms with Crippen molar-refractivity contribution in [1.82, 2.24) is 5.32 Å². The number of unbranched alkanes of at least 4 members (excludes halogenated alkanes) is 1. The molecule has 4 N–H and O–H groups in total. The van der Waals surface area contributed by atoms with Crippen molar-refractivity contribution in [2.75, 3.05) is 5.75 Å². The third-order valence-electron chi connectivity index (χ3n) is 8.11. The van der Waals surface area contributed by atoms with E-state index in [0.717, 1.165) is 33.4 Å². The summed E-state index contributed by atoms with van der Waals surface area (Å²) in [5.74, 6) is -1.41. The highest BCUT2D eigenvalue weighted by Gasteiger charge is 2.32. The van der Waals surface area contributed by atoms with Gasteiger partial charge in [0.25, 0.3) is 0 Å². The molecule has 1 saturated heterocycles. The van der Waals surface area contributed by atoms with Crippen LogP contribution >= 0.6 is 11.8 Å². The topological polar surface area (TPSA) is 142 Å². The first kappa shape index (κ1) is 34.8. The van der Waals surface area contributed by atoms with Gasteiger partial charge in [-0.2, -0.15) is 0 Å². The summed E-state index contributed by atoms with van der Waals surface area (Å²) in [4.78, 5) is 35.4. The first-order valence-corrected chi connectivity index (χ1v) is 16.9. The van der Waals surface area contributed by atoms with E-state index in [2.05, 4.69) is 5.32 Å². The highest BCUT2D eigenvalue weighted by molar-refractivity contribution is 7.99. The molecule has 0 aromatic heterocycles. The van der Waals surface area contributed by atoms with Crippen molar-refractivity contribution < 1.29 is 39.2 Å². The summed E-state index contributed by atoms with van der Waals surface area (Å²) >= 11 is 1.45. The van der Waals surface area contributed by atoms with Gasteiger partial charge in [0.05, 0.1) is 24.4 Å². The van der Waals surface area contributed by atoms with Crippen molar-refractivity contribution in [2.24, 2.45) is 0 Å². The maximum absolute atomic E-state index is 12.3. The number of hydrogen-bond acceptors (Lipinski definition) is 7. The fourth-order valence-electron chi connectivity index (χ4n) is 5.55. The molecule has 48 heavy (non-hydrogen) atoms. The third-order valence-corrected chi connectivity index (χ3v) is 9.32. The van der Waals surface area contributed by atoms with Gasteiger partial charge in [-0.1, -0.05) is 72.8 Å². The minimum atomic E-state index is -0.970. The number of aliphatic carboxylic acids is 1. The van der Waals surface area contributed by atoms with Gasteiger partial charge in [0.1, 0.15) is 0 Å². The van der Waals surface area contributed by atoms with Gasteiger partial charge in [0.2, 0.25) is 5.91 Å². The number of hydrogen-bond donors (Lipinski definition) is 4. The largest absolute Gasteiger partial charge is 0.481 e. The van der Waals surface area contributed by atoms with Gasteiger partial charge in [-0.25, -0.2) is 4.79 Å². The number of aromatic carboxylic acids is 1. The number of benzene rings is 4. The molecule has 0 saturated carbocycles. The van der Waals surface area contributed by atoms with Crippen molar-refractivity contribution in [1.29, 1.82) is 0 Å². The molecule has 0 spiro atoms. The lowest BCUT2D eigenvalue weighted by molar-refractivity contribution is -0.245. The number of carbonyl (C=O) groups is 3. The zero-order chi connectivity index (χ0) is 33.9. The van der Waals surface area contributed by atoms with Crippen LogP contribution in [0.5, 0.6) is 0 Å². The molecule has 3 atom stereocenters. The summed E-state index contributed by atoms with van der Waals surface area (Å²) in [5, 5.41) is 30.9. The van der Waals surface area contributed by atoms with Crippen LogP contribution in [0.3, 0.4) is 0 Å². The molecule has 3 unspecified atom stereocenters. The molecule has 1 heterocycles. The molecule has 5 rings (SSSR count). The molecule has 10 heteroatoms. The Bertz CT molecular complexity index is 1710. The number of carboxylic acid groups (broad SMARTS) is 2. The molecule has 1 fully saturated rings. The quantitative estimate of drug-likeness (QED) is 0.0767. The third kappa shape index (κ3) is 9.77. The summed E-state index contributed by atoms with van der Waals surface area (Å²) in [6.45, 7) is 0.315. The van der Waals surface area contributed by atoms with Crippen LogP contribution in [-0.2, 0) is 32.2 Å². The summed E-state index contributed by atoms with van der Waals surface area (Å²) in [6.07, 6.45) is 0.723. The lowest BCUT2D eigenvalue weighted by atomic mass is 9.99. The summed E-state index contributed by atoms with van der Waals surface area (Å²) in [5.41, 5.74) is 5.73. The van der Waals surface area contributed by atoms with Crippen LogP contribution < -0.4 is 5.32 Å². The zero-order valence-corrected chi connectivity index (χ0v) is 27.2. The molecule has 4 aromatic carbocycles. The molecule has 9 nitrogen and oxygen atoms in total. The molecule has 0 aliphatic carbocycles. The Morgan fingerprint density at radius 3 is 2.25 bits per heavy atom. The summed E-state index contributed by atoms with van der Waals surface area (Å²) < 4.78 is 13.1. The fourth-order valence-corrected chi connectivity index (χ4v) is 6.62. The van der Waals surface area contributed by atoms with E-state index < -0.39 is 18.2 Å². The first-order valence-electron chi connectivity index (χ1n) is 15.9. The molecular formula is C38H39NO8S. The molecule has 1 amide bonds. The predicted molar refractivity (Wildman–Crippen MR) is 182 cm³/mol. The van der Waals surface area contributed by atoms with Crippen molar-refractivity contribution in [2.45, 2.75) is 68.6 Å². The second-order valence-corrected chi connectivity index (χ2v) is 12.7. The van der Waals surface area contributed by atoms with Gasteiger partial charge < -0.3 is 30.1 Å². The number of nitrogens with one attached hydrogen (secondary N) is 1. The smallest absolute Gasteiger partial charge is 0.336 e. The van der Waals surface area contributed by atoms with E-state index in [1.165, 1.54) is 11.8 Å². The zero-order valence-electron chi connectivity index (χ0n) is 26.4. The number of rotatable bonds is 15. The Hall–Kier alpha value is -4.48. The SMILES string of the molecule is O=C(O)CCCCC(=O)NCc1cccc(-c2cccc(C3OC(CSc4ccccc4C(=O)O)CC(c4ccc(CO)cc4)O3)c2)c1. The Kier molecular flexibility index (Phi) is 12.4. The van der Waals surface area contributed by atoms with Gasteiger partial charge in [-0.15, -0.1) is 11.8 Å². The minimum Gasteiger partial charge on any atom is -0.481 e. The molecule has 4 aromatic rings. The number of ether oxygens (including phenoxy) is 2. The van der Waals surface area contributed by atoms with Crippen LogP contribution in [-0.4, -0.2) is 45.0 Å². The van der Waals surface area contributed by atoms with E-state index in [1.54, 1.807) is 12.1 Å². The lowest BCUT2D eigenvalue weighted by Gasteiger charge is -2.36. The van der Waals surface area contributed by atoms with E-state index in [9.17, 15) is 24.6 Å². The van der Waals surface area contributed by atoms with Gasteiger partial charge >= 0.3 is 11.9 Å². The van der Waals surface area contributed by atoms with Crippen LogP contribution in [0.2, 0.25) is 0 Å². The standard InChI is InChI=1S/C38H39NO8S/c40-23-25-15-17-27(18-16-25)33-21-31(24-48-34-12-2-1-11-32(34)37(44)45)46-38(47-33)30-10-6-9-29(20-30)28-8-5-7-26(19-28)22-39-35(41)13-3-4-14-36(42)43/h1-2,5-12,15-20,31,33,38,40H,3-4,13-14,21-24H2,(H,39,41)(H,42,43)(H,44,45). The molecule has 0 radical (unpaired) electrons. The first-order chi connectivity index (χ1) is 23.3. The highest BCUT2D eigenvalue weighted by atomic mass is 32.2. The lowest BCUT2D eigenvalue weighted by Crippen LogP contribution is -2.31. The van der Waals surface area contributed by atoms with E-state index in [-0.39, 0.29) is 43.1 Å². The Morgan fingerprint density at radius 1 is 0.771 bits per heavy atom. The van der Waals surface area contributed by atoms with Crippen LogP contribution in [0, 0.1) is 0 Å². The van der Waals surface area contributed by atoms with Crippen LogP contribution in [0.15, 0.2) is 102 Å². The monoisotopic (exact) mass is 669 g/mol. The number of aliphatic hydroxyl groups excluding tert-OH is 1. The molecule has 1 aliphatic rings. The van der Waals surface area contributed by atoms with Gasteiger partial charge in [-0.3, -0.25) is 9.59 Å². The molecule has 1 aliphatic heterocycles.